The van der Waals surface area contributed by atoms with E-state index in [0.29, 0.717) is 24.3 Å². The van der Waals surface area contributed by atoms with Gasteiger partial charge < -0.3 is 5.32 Å². The molecule has 150 valence electrons. The first kappa shape index (κ1) is 20.6. The second-order valence-electron chi connectivity index (χ2n) is 7.76. The molecule has 0 saturated carbocycles. The van der Waals surface area contributed by atoms with E-state index in [1.165, 1.54) is 9.87 Å². The van der Waals surface area contributed by atoms with Crippen LogP contribution in [-0.4, -0.2) is 31.7 Å². The first-order chi connectivity index (χ1) is 13.2. The summed E-state index contributed by atoms with van der Waals surface area (Å²) in [7, 11) is -3.61. The van der Waals surface area contributed by atoms with Crippen LogP contribution < -0.4 is 5.32 Å². The SMILES string of the molecule is Cc1ccc(C)c(S(=O)(=O)N2CCC[C@@H](C(=O)Nc3ccc(C)c(C)c3)C2)c1. The van der Waals surface area contributed by atoms with Gasteiger partial charge in [-0.25, -0.2) is 8.42 Å². The van der Waals surface area contributed by atoms with E-state index in [9.17, 15) is 13.2 Å². The first-order valence-corrected chi connectivity index (χ1v) is 11.1. The van der Waals surface area contributed by atoms with Crippen LogP contribution in [0.15, 0.2) is 41.3 Å². The predicted octanol–water partition coefficient (Wildman–Crippen LogP) is 3.96. The van der Waals surface area contributed by atoms with Crippen LogP contribution in [0.25, 0.3) is 0 Å². The Hall–Kier alpha value is -2.18. The fourth-order valence-corrected chi connectivity index (χ4v) is 5.40. The van der Waals surface area contributed by atoms with Gasteiger partial charge in [0.1, 0.15) is 0 Å². The van der Waals surface area contributed by atoms with E-state index in [4.69, 9.17) is 0 Å². The molecule has 0 aliphatic carbocycles. The lowest BCUT2D eigenvalue weighted by atomic mass is 9.98. The van der Waals surface area contributed by atoms with Crippen molar-refractivity contribution in [2.24, 2.45) is 5.92 Å². The van der Waals surface area contributed by atoms with Crippen molar-refractivity contribution in [1.82, 2.24) is 4.31 Å². The number of nitrogens with one attached hydrogen (secondary N) is 1. The highest BCUT2D eigenvalue weighted by Crippen LogP contribution is 2.27. The number of amides is 1. The summed E-state index contributed by atoms with van der Waals surface area (Å²) >= 11 is 0. The monoisotopic (exact) mass is 400 g/mol. The molecule has 0 bridgehead atoms. The molecule has 1 fully saturated rings. The van der Waals surface area contributed by atoms with Crippen LogP contribution >= 0.6 is 0 Å². The van der Waals surface area contributed by atoms with Crippen LogP contribution in [0.3, 0.4) is 0 Å². The summed E-state index contributed by atoms with van der Waals surface area (Å²) in [4.78, 5) is 13.1. The van der Waals surface area contributed by atoms with E-state index in [-0.39, 0.29) is 18.4 Å². The molecule has 1 saturated heterocycles. The van der Waals surface area contributed by atoms with Crippen LogP contribution in [-0.2, 0) is 14.8 Å². The predicted molar refractivity (Wildman–Crippen MR) is 112 cm³/mol. The van der Waals surface area contributed by atoms with Gasteiger partial charge in [-0.1, -0.05) is 18.2 Å². The Morgan fingerprint density at radius 3 is 2.43 bits per heavy atom. The molecule has 2 aromatic carbocycles. The summed E-state index contributed by atoms with van der Waals surface area (Å²) in [5.74, 6) is -0.473. The third-order valence-electron chi connectivity index (χ3n) is 5.49. The zero-order valence-corrected chi connectivity index (χ0v) is 17.8. The Labute approximate surface area is 167 Å². The highest BCUT2D eigenvalue weighted by Gasteiger charge is 2.34. The third kappa shape index (κ3) is 4.28. The summed E-state index contributed by atoms with van der Waals surface area (Å²) in [6.07, 6.45) is 1.37. The Morgan fingerprint density at radius 2 is 1.71 bits per heavy atom. The fraction of sp³-hybridized carbons (Fsp3) is 0.409. The zero-order chi connectivity index (χ0) is 20.5. The standard InChI is InChI=1S/C22H28N2O3S/c1-15-7-8-17(3)21(12-15)28(26,27)24-11-5-6-19(14-24)22(25)23-20-10-9-16(2)18(4)13-20/h7-10,12-13,19H,5-6,11,14H2,1-4H3,(H,23,25)/t19-/m1/s1. The maximum atomic E-state index is 13.2. The summed E-state index contributed by atoms with van der Waals surface area (Å²) in [5.41, 5.74) is 4.67. The number of carbonyl (C=O) groups excluding carboxylic acids is 1. The molecule has 2 aromatic rings. The number of hydrogen-bond donors (Lipinski definition) is 1. The molecule has 0 radical (unpaired) electrons. The minimum atomic E-state index is -3.61. The van der Waals surface area contributed by atoms with Crippen molar-refractivity contribution in [3.05, 3.63) is 58.7 Å². The minimum Gasteiger partial charge on any atom is -0.326 e. The van der Waals surface area contributed by atoms with Crippen molar-refractivity contribution in [2.45, 2.75) is 45.4 Å². The van der Waals surface area contributed by atoms with Gasteiger partial charge in [0.15, 0.2) is 0 Å². The van der Waals surface area contributed by atoms with Crippen molar-refractivity contribution < 1.29 is 13.2 Å². The molecule has 3 rings (SSSR count). The van der Waals surface area contributed by atoms with Crippen LogP contribution in [0.4, 0.5) is 5.69 Å². The number of carbonyl (C=O) groups is 1. The van der Waals surface area contributed by atoms with Gasteiger partial charge in [0.05, 0.1) is 10.8 Å². The summed E-state index contributed by atoms with van der Waals surface area (Å²) < 4.78 is 27.8. The van der Waals surface area contributed by atoms with Crippen molar-refractivity contribution in [3.63, 3.8) is 0 Å². The summed E-state index contributed by atoms with van der Waals surface area (Å²) in [6, 6.07) is 11.3. The zero-order valence-electron chi connectivity index (χ0n) is 17.0. The van der Waals surface area contributed by atoms with Crippen LogP contribution in [0.1, 0.15) is 35.1 Å². The molecule has 5 nitrogen and oxygen atoms in total. The van der Waals surface area contributed by atoms with Crippen molar-refractivity contribution in [2.75, 3.05) is 18.4 Å². The van der Waals surface area contributed by atoms with Crippen LogP contribution in [0.5, 0.6) is 0 Å². The van der Waals surface area contributed by atoms with E-state index < -0.39 is 10.0 Å². The van der Waals surface area contributed by atoms with E-state index >= 15 is 0 Å². The van der Waals surface area contributed by atoms with Gasteiger partial charge in [-0.3, -0.25) is 4.79 Å². The molecule has 0 aromatic heterocycles. The molecular weight excluding hydrogens is 372 g/mol. The maximum absolute atomic E-state index is 13.2. The average molecular weight is 401 g/mol. The highest BCUT2D eigenvalue weighted by atomic mass is 32.2. The number of anilines is 1. The lowest BCUT2D eigenvalue weighted by Crippen LogP contribution is -2.43. The number of sulfonamides is 1. The van der Waals surface area contributed by atoms with Crippen LogP contribution in [0, 0.1) is 33.6 Å². The van der Waals surface area contributed by atoms with Gasteiger partial charge >= 0.3 is 0 Å². The third-order valence-corrected chi connectivity index (χ3v) is 7.50. The van der Waals surface area contributed by atoms with E-state index in [1.54, 1.807) is 13.0 Å². The van der Waals surface area contributed by atoms with Crippen molar-refractivity contribution >= 4 is 21.6 Å². The number of benzene rings is 2. The van der Waals surface area contributed by atoms with Gasteiger partial charge in [-0.2, -0.15) is 4.31 Å². The molecule has 1 aliphatic rings. The highest BCUT2D eigenvalue weighted by molar-refractivity contribution is 7.89. The Morgan fingerprint density at radius 1 is 1.00 bits per heavy atom. The number of rotatable bonds is 4. The quantitative estimate of drug-likeness (QED) is 0.845. The lowest BCUT2D eigenvalue weighted by molar-refractivity contribution is -0.120. The number of piperidine rings is 1. The van der Waals surface area contributed by atoms with Crippen molar-refractivity contribution in [3.8, 4) is 0 Å². The van der Waals surface area contributed by atoms with Gasteiger partial charge in [-0.15, -0.1) is 0 Å². The lowest BCUT2D eigenvalue weighted by Gasteiger charge is -2.31. The van der Waals surface area contributed by atoms with E-state index in [1.807, 2.05) is 51.1 Å². The number of aryl methyl sites for hydroxylation is 4. The fourth-order valence-electron chi connectivity index (χ4n) is 3.56. The van der Waals surface area contributed by atoms with Gasteiger partial charge in [0.2, 0.25) is 15.9 Å². The Kier molecular flexibility index (Phi) is 5.91. The summed E-state index contributed by atoms with van der Waals surface area (Å²) in [6.45, 7) is 8.38. The molecule has 1 amide bonds. The molecule has 0 unspecified atom stereocenters. The number of hydrogen-bond acceptors (Lipinski definition) is 3. The molecular formula is C22H28N2O3S. The largest absolute Gasteiger partial charge is 0.326 e. The molecule has 28 heavy (non-hydrogen) atoms. The molecule has 1 N–H and O–H groups in total. The minimum absolute atomic E-state index is 0.121. The number of nitrogens with zero attached hydrogens (tertiary/aromatic N) is 1. The normalized spacial score (nSPS) is 18.1. The maximum Gasteiger partial charge on any atom is 0.243 e. The summed E-state index contributed by atoms with van der Waals surface area (Å²) in [5, 5.41) is 2.95. The average Bonchev–Trinajstić information content (AvgIpc) is 2.66. The molecule has 1 heterocycles. The van der Waals surface area contributed by atoms with Gasteiger partial charge in [0.25, 0.3) is 0 Å². The van der Waals surface area contributed by atoms with E-state index in [0.717, 1.165) is 22.4 Å². The second kappa shape index (κ2) is 8.05. The van der Waals surface area contributed by atoms with Gasteiger partial charge in [-0.05, 0) is 81.0 Å². The first-order valence-electron chi connectivity index (χ1n) is 9.64. The molecule has 6 heteroatoms. The smallest absolute Gasteiger partial charge is 0.243 e. The topological polar surface area (TPSA) is 66.5 Å². The Bertz CT molecular complexity index is 999. The Balaban J connectivity index is 1.76. The molecule has 1 aliphatic heterocycles. The van der Waals surface area contributed by atoms with Crippen molar-refractivity contribution in [1.29, 1.82) is 0 Å². The second-order valence-corrected chi connectivity index (χ2v) is 9.67. The van der Waals surface area contributed by atoms with Gasteiger partial charge in [0, 0.05) is 18.8 Å². The molecule has 0 spiro atoms. The molecule has 1 atom stereocenters. The van der Waals surface area contributed by atoms with Crippen LogP contribution in [0.2, 0.25) is 0 Å². The van der Waals surface area contributed by atoms with E-state index in [2.05, 4.69) is 5.32 Å².